The number of sulfonamides is 1. The van der Waals surface area contributed by atoms with Crippen LogP contribution in [0, 0.1) is 0 Å². The van der Waals surface area contributed by atoms with Gasteiger partial charge >= 0.3 is 0 Å². The maximum atomic E-state index is 13.4. The molecule has 1 atom stereocenters. The minimum Gasteiger partial charge on any atom is -0.360 e. The van der Waals surface area contributed by atoms with Crippen LogP contribution in [0.4, 0.5) is 16.5 Å². The van der Waals surface area contributed by atoms with Gasteiger partial charge in [-0.3, -0.25) is 14.3 Å². The number of hydrogen-bond donors (Lipinski definition) is 1. The molecule has 1 aromatic heterocycles. The van der Waals surface area contributed by atoms with Crippen LogP contribution in [0.5, 0.6) is 0 Å². The van der Waals surface area contributed by atoms with Gasteiger partial charge in [0.1, 0.15) is 12.6 Å². The van der Waals surface area contributed by atoms with Crippen molar-refractivity contribution >= 4 is 61.3 Å². The van der Waals surface area contributed by atoms with E-state index in [1.54, 1.807) is 27.3 Å². The van der Waals surface area contributed by atoms with E-state index in [1.807, 2.05) is 25.1 Å². The molecule has 2 aliphatic heterocycles. The van der Waals surface area contributed by atoms with Crippen molar-refractivity contribution in [1.82, 2.24) is 9.88 Å². The molecule has 194 valence electrons. The van der Waals surface area contributed by atoms with Crippen LogP contribution in [0.1, 0.15) is 18.9 Å². The lowest BCUT2D eigenvalue weighted by Gasteiger charge is -2.40. The highest BCUT2D eigenvalue weighted by molar-refractivity contribution is 7.93. The lowest BCUT2D eigenvalue weighted by atomic mass is 10.00. The van der Waals surface area contributed by atoms with Crippen LogP contribution in [0.25, 0.3) is 0 Å². The maximum absolute atomic E-state index is 13.4. The molecule has 0 aliphatic carbocycles. The fraction of sp³-hybridized carbons (Fsp3) is 0.320. The molecule has 0 saturated carbocycles. The Labute approximate surface area is 224 Å². The van der Waals surface area contributed by atoms with E-state index < -0.39 is 16.1 Å². The number of rotatable bonds is 6. The van der Waals surface area contributed by atoms with Gasteiger partial charge in [0.25, 0.3) is 10.0 Å². The van der Waals surface area contributed by atoms with E-state index in [0.29, 0.717) is 23.8 Å². The molecule has 2 aliphatic rings. The molecular formula is C25H26ClN5O4S2. The lowest BCUT2D eigenvalue weighted by Crippen LogP contribution is -2.57. The van der Waals surface area contributed by atoms with Crippen LogP contribution in [0.15, 0.2) is 58.9 Å². The topological polar surface area (TPSA) is 103 Å². The number of halogens is 1. The van der Waals surface area contributed by atoms with Gasteiger partial charge < -0.3 is 14.7 Å². The summed E-state index contributed by atoms with van der Waals surface area (Å²) in [6.45, 7) is 3.33. The number of nitrogens with zero attached hydrogens (tertiary/aromatic N) is 4. The van der Waals surface area contributed by atoms with E-state index in [2.05, 4.69) is 14.6 Å². The molecule has 0 radical (unpaired) electrons. The number of hydrogen-bond acceptors (Lipinski definition) is 7. The molecule has 0 spiro atoms. The Hall–Kier alpha value is -3.15. The van der Waals surface area contributed by atoms with Crippen molar-refractivity contribution < 1.29 is 18.0 Å². The van der Waals surface area contributed by atoms with Crippen molar-refractivity contribution in [2.75, 3.05) is 40.7 Å². The van der Waals surface area contributed by atoms with Gasteiger partial charge in [-0.25, -0.2) is 13.4 Å². The Morgan fingerprint density at radius 2 is 1.92 bits per heavy atom. The Morgan fingerprint density at radius 1 is 1.14 bits per heavy atom. The minimum atomic E-state index is -3.78. The van der Waals surface area contributed by atoms with Gasteiger partial charge in [-0.2, -0.15) is 0 Å². The third kappa shape index (κ3) is 5.29. The smallest absolute Gasteiger partial charge is 0.263 e. The van der Waals surface area contributed by atoms with E-state index >= 15 is 0 Å². The fourth-order valence-corrected chi connectivity index (χ4v) is 6.77. The van der Waals surface area contributed by atoms with Crippen molar-refractivity contribution in [3.05, 3.63) is 64.6 Å². The number of fused-ring (bicyclic) bond motifs is 1. The predicted molar refractivity (Wildman–Crippen MR) is 145 cm³/mol. The van der Waals surface area contributed by atoms with Crippen molar-refractivity contribution in [3.63, 3.8) is 0 Å². The minimum absolute atomic E-state index is 0.0316. The molecule has 3 aromatic rings. The molecule has 0 bridgehead atoms. The summed E-state index contributed by atoms with van der Waals surface area (Å²) in [6.07, 6.45) is 3.37. The van der Waals surface area contributed by atoms with Gasteiger partial charge in [-0.05, 0) is 67.8 Å². The molecule has 5 rings (SSSR count). The molecule has 0 unspecified atom stereocenters. The Balaban J connectivity index is 1.24. The van der Waals surface area contributed by atoms with Gasteiger partial charge in [-0.1, -0.05) is 11.6 Å². The highest BCUT2D eigenvalue weighted by Crippen LogP contribution is 2.31. The summed E-state index contributed by atoms with van der Waals surface area (Å²) in [4.78, 5) is 35.6. The number of thiazole rings is 1. The maximum Gasteiger partial charge on any atom is 0.263 e. The molecule has 1 fully saturated rings. The van der Waals surface area contributed by atoms with E-state index in [9.17, 15) is 18.0 Å². The zero-order valence-electron chi connectivity index (χ0n) is 20.1. The number of aryl methyl sites for hydroxylation is 1. The van der Waals surface area contributed by atoms with Crippen LogP contribution in [-0.4, -0.2) is 62.3 Å². The van der Waals surface area contributed by atoms with Gasteiger partial charge in [0.15, 0.2) is 5.13 Å². The number of carbonyl (C=O) groups is 2. The molecule has 1 N–H and O–H groups in total. The third-order valence-electron chi connectivity index (χ3n) is 6.67. The lowest BCUT2D eigenvalue weighted by molar-refractivity contribution is -0.137. The first-order valence-electron chi connectivity index (χ1n) is 11.9. The van der Waals surface area contributed by atoms with E-state index in [1.165, 1.54) is 29.7 Å². The summed E-state index contributed by atoms with van der Waals surface area (Å²) >= 11 is 7.34. The molecule has 1 saturated heterocycles. The average molecular weight is 560 g/mol. The van der Waals surface area contributed by atoms with Crippen LogP contribution < -0.4 is 14.5 Å². The van der Waals surface area contributed by atoms with Crippen molar-refractivity contribution in [1.29, 1.82) is 0 Å². The van der Waals surface area contributed by atoms with Crippen molar-refractivity contribution in [3.8, 4) is 0 Å². The van der Waals surface area contributed by atoms with Crippen LogP contribution in [-0.2, 0) is 26.0 Å². The highest BCUT2D eigenvalue weighted by Gasteiger charge is 2.34. The second-order valence-corrected chi connectivity index (χ2v) is 12.0. The number of aromatic nitrogens is 1. The second-order valence-electron chi connectivity index (χ2n) is 8.99. The first-order valence-corrected chi connectivity index (χ1v) is 14.6. The van der Waals surface area contributed by atoms with E-state index in [-0.39, 0.29) is 28.4 Å². The van der Waals surface area contributed by atoms with Gasteiger partial charge in [0, 0.05) is 47.6 Å². The van der Waals surface area contributed by atoms with Gasteiger partial charge in [0.2, 0.25) is 11.8 Å². The third-order valence-corrected chi connectivity index (χ3v) is 9.07. The van der Waals surface area contributed by atoms with Crippen LogP contribution >= 0.6 is 22.9 Å². The standard InChI is InChI=1S/C25H26ClN5O4S2/c1-17(30-11-2-3-18-15-19(26)4-9-22(18)30)24(33)29-12-13-31(23(32)16-29)20-5-7-21(8-6-20)37(34,35)28-25-27-10-14-36-25/h4-10,14-15,17H,2-3,11-13,16H2,1H3,(H,27,28)/t17-/m0/s1. The average Bonchev–Trinajstić information content (AvgIpc) is 3.39. The fourth-order valence-electron chi connectivity index (χ4n) is 4.78. The summed E-state index contributed by atoms with van der Waals surface area (Å²) in [5.74, 6) is -0.306. The van der Waals surface area contributed by atoms with Crippen molar-refractivity contribution in [2.45, 2.75) is 30.7 Å². The number of amides is 2. The quantitative estimate of drug-likeness (QED) is 0.495. The summed E-state index contributed by atoms with van der Waals surface area (Å²) < 4.78 is 27.6. The number of nitrogens with one attached hydrogen (secondary N) is 1. The molecule has 9 nitrogen and oxygen atoms in total. The van der Waals surface area contributed by atoms with Crippen LogP contribution in [0.2, 0.25) is 5.02 Å². The summed E-state index contributed by atoms with van der Waals surface area (Å²) in [5.41, 5.74) is 2.73. The second kappa shape index (κ2) is 10.3. The molecule has 2 amide bonds. The van der Waals surface area contributed by atoms with Crippen molar-refractivity contribution in [2.24, 2.45) is 0 Å². The molecule has 3 heterocycles. The number of benzene rings is 2. The summed E-state index contributed by atoms with van der Waals surface area (Å²) in [7, 11) is -3.78. The number of carbonyl (C=O) groups excluding carboxylic acids is 2. The number of anilines is 3. The van der Waals surface area contributed by atoms with Gasteiger partial charge in [0.05, 0.1) is 4.90 Å². The van der Waals surface area contributed by atoms with E-state index in [0.717, 1.165) is 30.6 Å². The Kier molecular flexibility index (Phi) is 7.11. The highest BCUT2D eigenvalue weighted by atomic mass is 35.5. The normalized spacial score (nSPS) is 16.9. The van der Waals surface area contributed by atoms with Crippen LogP contribution in [0.3, 0.4) is 0 Å². The monoisotopic (exact) mass is 559 g/mol. The predicted octanol–water partition coefficient (Wildman–Crippen LogP) is 3.61. The summed E-state index contributed by atoms with van der Waals surface area (Å²) in [6, 6.07) is 11.5. The number of piperazine rings is 1. The first kappa shape index (κ1) is 25.5. The first-order chi connectivity index (χ1) is 17.7. The van der Waals surface area contributed by atoms with E-state index in [4.69, 9.17) is 11.6 Å². The summed E-state index contributed by atoms with van der Waals surface area (Å²) in [5, 5.41) is 2.65. The molecular weight excluding hydrogens is 534 g/mol. The molecule has 12 heteroatoms. The Morgan fingerprint density at radius 3 is 2.62 bits per heavy atom. The zero-order valence-corrected chi connectivity index (χ0v) is 22.5. The Bertz CT molecular complexity index is 1410. The largest absolute Gasteiger partial charge is 0.360 e. The zero-order chi connectivity index (χ0) is 26.2. The molecule has 2 aromatic carbocycles. The van der Waals surface area contributed by atoms with Gasteiger partial charge in [-0.15, -0.1) is 11.3 Å². The SMILES string of the molecule is C[C@@H](C(=O)N1CCN(c2ccc(S(=O)(=O)Nc3nccs3)cc2)C(=O)C1)N1CCCc2cc(Cl)ccc21. The molecule has 37 heavy (non-hydrogen) atoms.